The van der Waals surface area contributed by atoms with Gasteiger partial charge >= 0.3 is 5.97 Å². The van der Waals surface area contributed by atoms with E-state index in [0.29, 0.717) is 12.4 Å². The quantitative estimate of drug-likeness (QED) is 0.794. The summed E-state index contributed by atoms with van der Waals surface area (Å²) in [5, 5.41) is 16.3. The maximum absolute atomic E-state index is 12.9. The lowest BCUT2D eigenvalue weighted by atomic mass is 9.82. The number of benzene rings is 1. The summed E-state index contributed by atoms with van der Waals surface area (Å²) >= 11 is 0. The van der Waals surface area contributed by atoms with Gasteiger partial charge in [0.05, 0.1) is 24.7 Å². The summed E-state index contributed by atoms with van der Waals surface area (Å²) in [5.41, 5.74) is 0.866. The molecule has 1 amide bonds. The number of halogens is 1. The first-order chi connectivity index (χ1) is 12.5. The fourth-order valence-corrected chi connectivity index (χ4v) is 3.42. The Hall–Kier alpha value is -3.00. The maximum Gasteiger partial charge on any atom is 0.310 e. The number of fused-ring (bicyclic) bond motifs is 2. The highest BCUT2D eigenvalue weighted by Crippen LogP contribution is 2.39. The highest BCUT2D eigenvalue weighted by atomic mass is 19.1. The SMILES string of the molecule is O=C(O)C1C2C=CC(O2)C1C(=O)Nc1ccn(Cc2ccc(F)cc2)n1. The van der Waals surface area contributed by atoms with Crippen molar-refractivity contribution in [3.63, 3.8) is 0 Å². The summed E-state index contributed by atoms with van der Waals surface area (Å²) in [4.78, 5) is 24.0. The number of carbonyl (C=O) groups is 2. The molecule has 1 aromatic heterocycles. The summed E-state index contributed by atoms with van der Waals surface area (Å²) in [6.07, 6.45) is 4.00. The van der Waals surface area contributed by atoms with Crippen LogP contribution >= 0.6 is 0 Å². The number of hydrogen-bond acceptors (Lipinski definition) is 4. The maximum atomic E-state index is 12.9. The van der Waals surface area contributed by atoms with Gasteiger partial charge in [-0.2, -0.15) is 5.10 Å². The molecule has 26 heavy (non-hydrogen) atoms. The fraction of sp³-hybridized carbons (Fsp3) is 0.278. The Kier molecular flexibility index (Phi) is 4.04. The van der Waals surface area contributed by atoms with Crippen LogP contribution in [0.4, 0.5) is 10.2 Å². The number of aliphatic carboxylic acids is 1. The minimum atomic E-state index is -1.05. The number of carbonyl (C=O) groups excluding carboxylic acids is 1. The van der Waals surface area contributed by atoms with Crippen LogP contribution in [0.15, 0.2) is 48.7 Å². The lowest BCUT2D eigenvalue weighted by Crippen LogP contribution is -2.39. The van der Waals surface area contributed by atoms with Crippen LogP contribution in [0.5, 0.6) is 0 Å². The number of nitrogens with one attached hydrogen (secondary N) is 1. The molecular weight excluding hydrogens is 341 g/mol. The molecule has 2 aliphatic heterocycles. The fourth-order valence-electron chi connectivity index (χ4n) is 3.42. The van der Waals surface area contributed by atoms with Crippen molar-refractivity contribution in [2.24, 2.45) is 11.8 Å². The van der Waals surface area contributed by atoms with Gasteiger partial charge in [0.1, 0.15) is 11.7 Å². The van der Waals surface area contributed by atoms with Crippen LogP contribution in [0.1, 0.15) is 5.56 Å². The van der Waals surface area contributed by atoms with Gasteiger partial charge in [0.15, 0.2) is 5.82 Å². The van der Waals surface area contributed by atoms with Gasteiger partial charge in [0.2, 0.25) is 5.91 Å². The average molecular weight is 357 g/mol. The lowest BCUT2D eigenvalue weighted by molar-refractivity contribution is -0.145. The standard InChI is InChI=1S/C18H16FN3O4/c19-11-3-1-10(2-4-11)9-22-8-7-14(21-22)20-17(23)15-12-5-6-13(26-12)16(15)18(24)25/h1-8,12-13,15-16H,9H2,(H,24,25)(H,20,21,23). The molecule has 4 rings (SSSR count). The van der Waals surface area contributed by atoms with Crippen molar-refractivity contribution in [1.82, 2.24) is 9.78 Å². The first-order valence-corrected chi connectivity index (χ1v) is 8.16. The number of carboxylic acid groups (broad SMARTS) is 1. The van der Waals surface area contributed by atoms with Crippen molar-refractivity contribution in [2.45, 2.75) is 18.8 Å². The van der Waals surface area contributed by atoms with Crippen molar-refractivity contribution in [2.75, 3.05) is 5.32 Å². The summed E-state index contributed by atoms with van der Waals surface area (Å²) < 4.78 is 20.1. The third kappa shape index (κ3) is 2.99. The van der Waals surface area contributed by atoms with Crippen LogP contribution in [0.2, 0.25) is 0 Å². The second-order valence-corrected chi connectivity index (χ2v) is 6.35. The molecule has 8 heteroatoms. The highest BCUT2D eigenvalue weighted by molar-refractivity contribution is 5.96. The molecule has 3 heterocycles. The van der Waals surface area contributed by atoms with Crippen LogP contribution in [0.3, 0.4) is 0 Å². The zero-order valence-corrected chi connectivity index (χ0v) is 13.6. The molecule has 2 bridgehead atoms. The van der Waals surface area contributed by atoms with Crippen LogP contribution in [-0.2, 0) is 20.9 Å². The Labute approximate surface area is 148 Å². The third-order valence-electron chi connectivity index (χ3n) is 4.64. The summed E-state index contributed by atoms with van der Waals surface area (Å²) in [7, 11) is 0. The smallest absolute Gasteiger partial charge is 0.310 e. The Morgan fingerprint density at radius 2 is 1.85 bits per heavy atom. The molecule has 0 spiro atoms. The number of hydrogen-bond donors (Lipinski definition) is 2. The molecule has 1 saturated heterocycles. The van der Waals surface area contributed by atoms with Crippen molar-refractivity contribution < 1.29 is 23.8 Å². The predicted octanol–water partition coefficient (Wildman–Crippen LogP) is 1.66. The van der Waals surface area contributed by atoms with E-state index in [0.717, 1.165) is 5.56 Å². The molecule has 2 aromatic rings. The van der Waals surface area contributed by atoms with E-state index in [2.05, 4.69) is 10.4 Å². The third-order valence-corrected chi connectivity index (χ3v) is 4.64. The van der Waals surface area contributed by atoms with Gasteiger partial charge in [0, 0.05) is 12.3 Å². The lowest BCUT2D eigenvalue weighted by Gasteiger charge is -2.20. The van der Waals surface area contributed by atoms with Gasteiger partial charge in [-0.3, -0.25) is 14.3 Å². The number of amides is 1. The largest absolute Gasteiger partial charge is 0.481 e. The highest BCUT2D eigenvalue weighted by Gasteiger charge is 2.53. The summed E-state index contributed by atoms with van der Waals surface area (Å²) in [6, 6.07) is 7.69. The van der Waals surface area contributed by atoms with Gasteiger partial charge in [-0.15, -0.1) is 0 Å². The van der Waals surface area contributed by atoms with E-state index >= 15 is 0 Å². The molecule has 4 unspecified atom stereocenters. The summed E-state index contributed by atoms with van der Waals surface area (Å²) in [5.74, 6) is -3.15. The Bertz CT molecular complexity index is 877. The zero-order chi connectivity index (χ0) is 18.3. The molecule has 0 saturated carbocycles. The monoisotopic (exact) mass is 357 g/mol. The van der Waals surface area contributed by atoms with E-state index in [-0.39, 0.29) is 5.82 Å². The molecule has 0 aliphatic carbocycles. The minimum absolute atomic E-state index is 0.308. The molecule has 1 aromatic carbocycles. The van der Waals surface area contributed by atoms with Crippen LogP contribution < -0.4 is 5.32 Å². The molecule has 0 radical (unpaired) electrons. The Morgan fingerprint density at radius 1 is 1.15 bits per heavy atom. The minimum Gasteiger partial charge on any atom is -0.481 e. The number of nitrogens with zero attached hydrogens (tertiary/aromatic N) is 2. The topological polar surface area (TPSA) is 93.5 Å². The van der Waals surface area contributed by atoms with E-state index in [1.54, 1.807) is 41.2 Å². The molecule has 134 valence electrons. The second-order valence-electron chi connectivity index (χ2n) is 6.35. The van der Waals surface area contributed by atoms with Gasteiger partial charge in [-0.1, -0.05) is 24.3 Å². The summed E-state index contributed by atoms with van der Waals surface area (Å²) in [6.45, 7) is 0.424. The van der Waals surface area contributed by atoms with E-state index in [1.165, 1.54) is 12.1 Å². The van der Waals surface area contributed by atoms with Crippen LogP contribution in [-0.4, -0.2) is 39.0 Å². The van der Waals surface area contributed by atoms with E-state index in [1.807, 2.05) is 0 Å². The first-order valence-electron chi connectivity index (χ1n) is 8.16. The van der Waals surface area contributed by atoms with Gasteiger partial charge < -0.3 is 15.2 Å². The Morgan fingerprint density at radius 3 is 2.54 bits per heavy atom. The normalized spacial score (nSPS) is 26.2. The molecule has 4 atom stereocenters. The predicted molar refractivity (Wildman–Crippen MR) is 88.8 cm³/mol. The van der Waals surface area contributed by atoms with Gasteiger partial charge in [-0.25, -0.2) is 4.39 Å². The number of aromatic nitrogens is 2. The molecule has 7 nitrogen and oxygen atoms in total. The van der Waals surface area contributed by atoms with Gasteiger partial charge in [0.25, 0.3) is 0 Å². The number of carboxylic acids is 1. The van der Waals surface area contributed by atoms with Gasteiger partial charge in [-0.05, 0) is 17.7 Å². The zero-order valence-electron chi connectivity index (χ0n) is 13.6. The van der Waals surface area contributed by atoms with Crippen molar-refractivity contribution in [3.05, 3.63) is 60.1 Å². The van der Waals surface area contributed by atoms with Crippen LogP contribution in [0.25, 0.3) is 0 Å². The number of anilines is 1. The average Bonchev–Trinajstić information content (AvgIpc) is 3.32. The molecule has 2 N–H and O–H groups in total. The van der Waals surface area contributed by atoms with E-state index < -0.39 is 35.9 Å². The van der Waals surface area contributed by atoms with E-state index in [9.17, 15) is 19.1 Å². The van der Waals surface area contributed by atoms with Crippen molar-refractivity contribution in [1.29, 1.82) is 0 Å². The Balaban J connectivity index is 1.44. The molecule has 2 aliphatic rings. The second kappa shape index (κ2) is 6.38. The van der Waals surface area contributed by atoms with Crippen LogP contribution in [0, 0.1) is 17.7 Å². The number of ether oxygens (including phenoxy) is 1. The van der Waals surface area contributed by atoms with Crippen molar-refractivity contribution >= 4 is 17.7 Å². The molecule has 1 fully saturated rings. The molecular formula is C18H16FN3O4. The van der Waals surface area contributed by atoms with E-state index in [4.69, 9.17) is 4.74 Å². The van der Waals surface area contributed by atoms with Crippen molar-refractivity contribution in [3.8, 4) is 0 Å². The first kappa shape index (κ1) is 16.5. The number of rotatable bonds is 5.